The van der Waals surface area contributed by atoms with Crippen molar-refractivity contribution in [2.24, 2.45) is 5.92 Å². The Bertz CT molecular complexity index is 581. The summed E-state index contributed by atoms with van der Waals surface area (Å²) in [5.74, 6) is 0.345. The molecule has 0 aliphatic heterocycles. The van der Waals surface area contributed by atoms with Gasteiger partial charge < -0.3 is 4.98 Å². The first-order valence-corrected chi connectivity index (χ1v) is 5.74. The number of H-pyrrole nitrogens is 1. The molecule has 2 aromatic rings. The summed E-state index contributed by atoms with van der Waals surface area (Å²) in [7, 11) is 0. The number of ketones is 1. The van der Waals surface area contributed by atoms with Crippen LogP contribution in [0.2, 0.25) is 0 Å². The van der Waals surface area contributed by atoms with Crippen LogP contribution in [0.3, 0.4) is 0 Å². The van der Waals surface area contributed by atoms with E-state index in [4.69, 9.17) is 5.26 Å². The lowest BCUT2D eigenvalue weighted by Crippen LogP contribution is -2.12. The lowest BCUT2D eigenvalue weighted by atomic mass is 9.93. The van der Waals surface area contributed by atoms with Crippen molar-refractivity contribution >= 4 is 5.78 Å². The van der Waals surface area contributed by atoms with Crippen molar-refractivity contribution < 1.29 is 4.79 Å². The number of carbonyl (C=O) groups excluding carboxylic acids is 1. The van der Waals surface area contributed by atoms with Crippen molar-refractivity contribution in [3.05, 3.63) is 42.2 Å². The van der Waals surface area contributed by atoms with Crippen LogP contribution in [0.4, 0.5) is 0 Å². The molecule has 90 valence electrons. The first kappa shape index (κ1) is 12.1. The van der Waals surface area contributed by atoms with Gasteiger partial charge in [0.05, 0.1) is 6.07 Å². The molecular formula is C14H13N3O. The summed E-state index contributed by atoms with van der Waals surface area (Å²) in [6.07, 6.45) is 3.59. The zero-order chi connectivity index (χ0) is 13.0. The van der Waals surface area contributed by atoms with E-state index in [1.54, 1.807) is 25.4 Å². The molecule has 0 fully saturated rings. The van der Waals surface area contributed by atoms with Crippen LogP contribution in [0.1, 0.15) is 23.7 Å². The Balaban J connectivity index is 2.40. The lowest BCUT2D eigenvalue weighted by molar-refractivity contribution is 0.0932. The van der Waals surface area contributed by atoms with Gasteiger partial charge in [0, 0.05) is 35.9 Å². The number of benzene rings is 1. The lowest BCUT2D eigenvalue weighted by Gasteiger charge is -2.10. The van der Waals surface area contributed by atoms with Gasteiger partial charge in [0.15, 0.2) is 5.78 Å². The van der Waals surface area contributed by atoms with E-state index in [0.717, 1.165) is 5.56 Å². The minimum absolute atomic E-state index is 0.0245. The highest BCUT2D eigenvalue weighted by Crippen LogP contribution is 2.23. The minimum atomic E-state index is -0.300. The molecule has 2 rings (SSSR count). The number of Topliss-reactive ketones (excluding diaryl/α,β-unsaturated/α-hetero) is 1. The van der Waals surface area contributed by atoms with Gasteiger partial charge in [-0.15, -0.1) is 0 Å². The molecular weight excluding hydrogens is 226 g/mol. The normalized spacial score (nSPS) is 11.8. The second kappa shape index (κ2) is 5.28. The van der Waals surface area contributed by atoms with Crippen molar-refractivity contribution in [3.8, 4) is 17.5 Å². The third kappa shape index (κ3) is 2.30. The van der Waals surface area contributed by atoms with E-state index in [9.17, 15) is 4.79 Å². The fourth-order valence-electron chi connectivity index (χ4n) is 1.81. The molecule has 0 bridgehead atoms. The molecule has 1 unspecified atom stereocenters. The first-order chi connectivity index (χ1) is 8.74. The topological polar surface area (TPSA) is 69.5 Å². The number of hydrogen-bond acceptors (Lipinski definition) is 3. The molecule has 4 heteroatoms. The van der Waals surface area contributed by atoms with Crippen LogP contribution >= 0.6 is 0 Å². The van der Waals surface area contributed by atoms with Crippen molar-refractivity contribution in [1.82, 2.24) is 9.97 Å². The van der Waals surface area contributed by atoms with Gasteiger partial charge in [0.25, 0.3) is 0 Å². The molecule has 1 aromatic heterocycles. The minimum Gasteiger partial charge on any atom is -0.345 e. The molecule has 1 atom stereocenters. The Morgan fingerprint density at radius 1 is 1.50 bits per heavy atom. The molecule has 0 saturated heterocycles. The first-order valence-electron chi connectivity index (χ1n) is 5.74. The summed E-state index contributed by atoms with van der Waals surface area (Å²) in [5, 5.41) is 8.66. The Labute approximate surface area is 105 Å². The monoisotopic (exact) mass is 239 g/mol. The molecule has 1 N–H and O–H groups in total. The van der Waals surface area contributed by atoms with Crippen molar-refractivity contribution in [2.75, 3.05) is 0 Å². The van der Waals surface area contributed by atoms with Crippen LogP contribution in [-0.2, 0) is 0 Å². The van der Waals surface area contributed by atoms with Crippen molar-refractivity contribution in [2.45, 2.75) is 13.3 Å². The summed E-state index contributed by atoms with van der Waals surface area (Å²) >= 11 is 0. The fourth-order valence-corrected chi connectivity index (χ4v) is 1.81. The molecule has 0 aliphatic carbocycles. The zero-order valence-electron chi connectivity index (χ0n) is 10.1. The van der Waals surface area contributed by atoms with E-state index in [1.807, 2.05) is 24.3 Å². The number of aromatic nitrogens is 2. The number of imidazole rings is 1. The van der Waals surface area contributed by atoms with Crippen LogP contribution < -0.4 is 0 Å². The maximum absolute atomic E-state index is 12.3. The van der Waals surface area contributed by atoms with Crippen molar-refractivity contribution in [3.63, 3.8) is 0 Å². The number of aromatic amines is 1. The molecule has 0 spiro atoms. The van der Waals surface area contributed by atoms with Gasteiger partial charge in [-0.05, 0) is 0 Å². The van der Waals surface area contributed by atoms with Gasteiger partial charge in [-0.1, -0.05) is 31.2 Å². The molecule has 0 radical (unpaired) electrons. The van der Waals surface area contributed by atoms with E-state index in [1.165, 1.54) is 0 Å². The Morgan fingerprint density at radius 3 is 2.94 bits per heavy atom. The molecule has 4 nitrogen and oxygen atoms in total. The van der Waals surface area contributed by atoms with Gasteiger partial charge in [-0.25, -0.2) is 4.98 Å². The highest BCUT2D eigenvalue weighted by atomic mass is 16.1. The Kier molecular flexibility index (Phi) is 3.54. The zero-order valence-corrected chi connectivity index (χ0v) is 10.1. The van der Waals surface area contributed by atoms with E-state index in [-0.39, 0.29) is 18.1 Å². The number of hydrogen-bond donors (Lipinski definition) is 1. The summed E-state index contributed by atoms with van der Waals surface area (Å²) in [6.45, 7) is 1.77. The van der Waals surface area contributed by atoms with Gasteiger partial charge in [-0.2, -0.15) is 5.26 Å². The molecule has 0 amide bonds. The smallest absolute Gasteiger partial charge is 0.167 e. The second-order valence-electron chi connectivity index (χ2n) is 4.11. The van der Waals surface area contributed by atoms with E-state index < -0.39 is 0 Å². The summed E-state index contributed by atoms with van der Waals surface area (Å²) in [4.78, 5) is 19.4. The molecule has 1 aromatic carbocycles. The predicted molar refractivity (Wildman–Crippen MR) is 67.7 cm³/mol. The number of carbonyl (C=O) groups is 1. The molecule has 1 heterocycles. The summed E-state index contributed by atoms with van der Waals surface area (Å²) < 4.78 is 0. The van der Waals surface area contributed by atoms with Crippen LogP contribution in [0.15, 0.2) is 36.7 Å². The third-order valence-electron chi connectivity index (χ3n) is 2.79. The second-order valence-corrected chi connectivity index (χ2v) is 4.11. The third-order valence-corrected chi connectivity index (χ3v) is 2.79. The maximum atomic E-state index is 12.3. The number of rotatable bonds is 4. The molecule has 0 aliphatic rings. The highest BCUT2D eigenvalue weighted by molar-refractivity contribution is 6.03. The number of nitrogens with zero attached hydrogens (tertiary/aromatic N) is 2. The number of nitriles is 1. The van der Waals surface area contributed by atoms with Gasteiger partial charge in [0.1, 0.15) is 5.82 Å². The summed E-state index contributed by atoms with van der Waals surface area (Å²) in [6, 6.07) is 9.34. The fraction of sp³-hybridized carbons (Fsp3) is 0.214. The van der Waals surface area contributed by atoms with Crippen LogP contribution in [0, 0.1) is 17.2 Å². The maximum Gasteiger partial charge on any atom is 0.167 e. The highest BCUT2D eigenvalue weighted by Gasteiger charge is 2.19. The quantitative estimate of drug-likeness (QED) is 0.834. The van der Waals surface area contributed by atoms with Gasteiger partial charge >= 0.3 is 0 Å². The average molecular weight is 239 g/mol. The van der Waals surface area contributed by atoms with Gasteiger partial charge in [0.2, 0.25) is 0 Å². The van der Waals surface area contributed by atoms with Crippen LogP contribution in [-0.4, -0.2) is 15.8 Å². The van der Waals surface area contributed by atoms with Crippen LogP contribution in [0.25, 0.3) is 11.4 Å². The molecule has 0 saturated carbocycles. The van der Waals surface area contributed by atoms with Gasteiger partial charge in [-0.3, -0.25) is 4.79 Å². The summed E-state index contributed by atoms with van der Waals surface area (Å²) in [5.41, 5.74) is 1.38. The number of nitrogens with one attached hydrogen (secondary N) is 1. The largest absolute Gasteiger partial charge is 0.345 e. The Hall–Kier alpha value is -2.41. The standard InChI is InChI=1S/C14H13N3O/c1-10(6-7-15)13(18)11-4-2-3-5-12(11)14-16-8-9-17-14/h2-5,8-10H,6H2,1H3,(H,16,17). The van der Waals surface area contributed by atoms with E-state index in [0.29, 0.717) is 11.4 Å². The SMILES string of the molecule is CC(CC#N)C(=O)c1ccccc1-c1ncc[nH]1. The predicted octanol–water partition coefficient (Wildman–Crippen LogP) is 2.81. The van der Waals surface area contributed by atoms with E-state index >= 15 is 0 Å². The van der Waals surface area contributed by atoms with E-state index in [2.05, 4.69) is 9.97 Å². The molecule has 18 heavy (non-hydrogen) atoms. The van der Waals surface area contributed by atoms with Crippen molar-refractivity contribution in [1.29, 1.82) is 5.26 Å². The average Bonchev–Trinajstić information content (AvgIpc) is 2.92. The Morgan fingerprint density at radius 2 is 2.28 bits per heavy atom. The van der Waals surface area contributed by atoms with Crippen LogP contribution in [0.5, 0.6) is 0 Å².